The van der Waals surface area contributed by atoms with Crippen molar-refractivity contribution in [3.8, 4) is 0 Å². The lowest BCUT2D eigenvalue weighted by Crippen LogP contribution is -2.62. The Morgan fingerprint density at radius 2 is 2.21 bits per heavy atom. The van der Waals surface area contributed by atoms with Crippen molar-refractivity contribution in [2.45, 2.75) is 58.7 Å². The van der Waals surface area contributed by atoms with Gasteiger partial charge in [-0.15, -0.1) is 0 Å². The number of nitrogens with one attached hydrogen (secondary N) is 1. The van der Waals surface area contributed by atoms with Gasteiger partial charge in [0.15, 0.2) is 0 Å². The smallest absolute Gasteiger partial charge is 0.0547 e. The van der Waals surface area contributed by atoms with E-state index in [1.165, 1.54) is 18.5 Å². The molecule has 0 spiro atoms. The molecule has 106 valence electrons. The topological polar surface area (TPSA) is 28.2 Å². The molecule has 1 aromatic heterocycles. The summed E-state index contributed by atoms with van der Waals surface area (Å²) in [5.41, 5.74) is 2.55. The van der Waals surface area contributed by atoms with Crippen LogP contribution in [0.2, 0.25) is 0 Å². The van der Waals surface area contributed by atoms with Crippen molar-refractivity contribution < 1.29 is 0 Å². The Morgan fingerprint density at radius 1 is 1.42 bits per heavy atom. The van der Waals surface area contributed by atoms with E-state index in [-0.39, 0.29) is 5.54 Å². The fourth-order valence-corrected chi connectivity index (χ4v) is 2.79. The Morgan fingerprint density at radius 3 is 2.84 bits per heavy atom. The van der Waals surface area contributed by atoms with Gasteiger partial charge < -0.3 is 5.32 Å². The van der Waals surface area contributed by atoms with Crippen molar-refractivity contribution in [2.24, 2.45) is 0 Å². The monoisotopic (exact) mass is 261 g/mol. The lowest BCUT2D eigenvalue weighted by Gasteiger charge is -2.47. The quantitative estimate of drug-likeness (QED) is 0.903. The van der Waals surface area contributed by atoms with Crippen LogP contribution in [0.25, 0.3) is 0 Å². The number of piperazine rings is 1. The van der Waals surface area contributed by atoms with E-state index in [4.69, 9.17) is 0 Å². The molecule has 0 aliphatic carbocycles. The molecule has 2 heterocycles. The highest BCUT2D eigenvalue weighted by atomic mass is 15.3. The molecule has 1 N–H and O–H groups in total. The molecule has 1 aliphatic rings. The van der Waals surface area contributed by atoms with E-state index in [0.29, 0.717) is 6.04 Å². The second kappa shape index (κ2) is 6.02. The van der Waals surface area contributed by atoms with Gasteiger partial charge in [-0.25, -0.2) is 0 Å². The first kappa shape index (κ1) is 14.5. The van der Waals surface area contributed by atoms with E-state index in [1.807, 2.05) is 0 Å². The summed E-state index contributed by atoms with van der Waals surface area (Å²) in [6, 6.07) is 6.94. The Balaban J connectivity index is 2.14. The first-order valence-corrected chi connectivity index (χ1v) is 7.48. The molecule has 1 aliphatic heterocycles. The Bertz CT molecular complexity index is 418. The predicted molar refractivity (Wildman–Crippen MR) is 80.2 cm³/mol. The molecule has 0 amide bonds. The predicted octanol–water partition coefficient (Wildman–Crippen LogP) is 2.74. The average molecular weight is 261 g/mol. The van der Waals surface area contributed by atoms with Gasteiger partial charge in [0.25, 0.3) is 0 Å². The summed E-state index contributed by atoms with van der Waals surface area (Å²) in [4.78, 5) is 7.27. The van der Waals surface area contributed by atoms with Crippen LogP contribution >= 0.6 is 0 Å². The molecule has 0 bridgehead atoms. The summed E-state index contributed by atoms with van der Waals surface area (Å²) in [6.07, 6.45) is 2.36. The zero-order valence-corrected chi connectivity index (χ0v) is 12.7. The minimum absolute atomic E-state index is 0.247. The molecule has 0 saturated carbocycles. The summed E-state index contributed by atoms with van der Waals surface area (Å²) in [7, 11) is 0. The van der Waals surface area contributed by atoms with Crippen molar-refractivity contribution in [3.63, 3.8) is 0 Å². The minimum atomic E-state index is 0.247. The molecule has 0 aromatic carbocycles. The first-order valence-electron chi connectivity index (χ1n) is 7.48. The molecular formula is C16H27N3. The third kappa shape index (κ3) is 3.34. The van der Waals surface area contributed by atoms with E-state index in [1.54, 1.807) is 0 Å². The van der Waals surface area contributed by atoms with E-state index in [0.717, 1.165) is 25.3 Å². The molecule has 1 fully saturated rings. The van der Waals surface area contributed by atoms with E-state index in [9.17, 15) is 0 Å². The zero-order chi connectivity index (χ0) is 13.9. The van der Waals surface area contributed by atoms with Crippen molar-refractivity contribution in [3.05, 3.63) is 29.6 Å². The zero-order valence-electron chi connectivity index (χ0n) is 12.7. The molecule has 2 unspecified atom stereocenters. The second-order valence-corrected chi connectivity index (χ2v) is 5.99. The molecule has 0 radical (unpaired) electrons. The number of hydrogen-bond acceptors (Lipinski definition) is 3. The fourth-order valence-electron chi connectivity index (χ4n) is 2.79. The average Bonchev–Trinajstić information content (AvgIpc) is 2.41. The third-order valence-corrected chi connectivity index (χ3v) is 4.53. The van der Waals surface area contributed by atoms with Gasteiger partial charge in [0, 0.05) is 36.9 Å². The molecule has 3 nitrogen and oxygen atoms in total. The normalized spacial score (nSPS) is 28.5. The van der Waals surface area contributed by atoms with Gasteiger partial charge in [-0.05, 0) is 38.8 Å². The van der Waals surface area contributed by atoms with Gasteiger partial charge in [-0.3, -0.25) is 9.88 Å². The van der Waals surface area contributed by atoms with Crippen LogP contribution in [0.1, 0.15) is 45.0 Å². The summed E-state index contributed by atoms with van der Waals surface area (Å²) in [5.74, 6) is 0. The summed E-state index contributed by atoms with van der Waals surface area (Å²) < 4.78 is 0. The number of aryl methyl sites for hydroxylation is 1. The molecule has 19 heavy (non-hydrogen) atoms. The van der Waals surface area contributed by atoms with Crippen LogP contribution in [0.4, 0.5) is 0 Å². The Labute approximate surface area is 117 Å². The molecular weight excluding hydrogens is 234 g/mol. The van der Waals surface area contributed by atoms with E-state index >= 15 is 0 Å². The highest BCUT2D eigenvalue weighted by Gasteiger charge is 2.35. The molecule has 1 saturated heterocycles. The van der Waals surface area contributed by atoms with Gasteiger partial charge in [-0.2, -0.15) is 0 Å². The molecule has 2 rings (SSSR count). The summed E-state index contributed by atoms with van der Waals surface area (Å²) in [5, 5.41) is 3.68. The molecule has 3 heteroatoms. The largest absolute Gasteiger partial charge is 0.311 e. The number of hydrogen-bond donors (Lipinski definition) is 1. The van der Waals surface area contributed by atoms with Gasteiger partial charge in [0.1, 0.15) is 0 Å². The van der Waals surface area contributed by atoms with Gasteiger partial charge in [0.05, 0.1) is 5.69 Å². The van der Waals surface area contributed by atoms with Crippen LogP contribution in [0.3, 0.4) is 0 Å². The van der Waals surface area contributed by atoms with Crippen LogP contribution in [0.5, 0.6) is 0 Å². The number of nitrogens with zero attached hydrogens (tertiary/aromatic N) is 2. The lowest BCUT2D eigenvalue weighted by molar-refractivity contribution is 0.0397. The molecule has 2 atom stereocenters. The van der Waals surface area contributed by atoms with Crippen LogP contribution in [-0.2, 0) is 6.54 Å². The maximum atomic E-state index is 4.66. The van der Waals surface area contributed by atoms with Crippen molar-refractivity contribution in [2.75, 3.05) is 13.1 Å². The fraction of sp³-hybridized carbons (Fsp3) is 0.688. The maximum absolute atomic E-state index is 4.66. The van der Waals surface area contributed by atoms with Gasteiger partial charge >= 0.3 is 0 Å². The molecule has 1 aromatic rings. The minimum Gasteiger partial charge on any atom is -0.311 e. The summed E-state index contributed by atoms with van der Waals surface area (Å²) >= 11 is 0. The first-order chi connectivity index (χ1) is 9.07. The SMILES string of the molecule is CCC1CN(Cc2cccc(C)n2)C(C)(CC)CN1. The van der Waals surface area contributed by atoms with Crippen molar-refractivity contribution >= 4 is 0 Å². The van der Waals surface area contributed by atoms with Crippen molar-refractivity contribution in [1.82, 2.24) is 15.2 Å². The summed E-state index contributed by atoms with van der Waals surface area (Å²) in [6.45, 7) is 12.1. The number of rotatable bonds is 4. The lowest BCUT2D eigenvalue weighted by atomic mass is 9.91. The second-order valence-electron chi connectivity index (χ2n) is 5.99. The standard InChI is InChI=1S/C16H27N3/c1-5-14-10-19(16(4,6-2)12-17-14)11-15-9-7-8-13(3)18-15/h7-9,14,17H,5-6,10-12H2,1-4H3. The van der Waals surface area contributed by atoms with Gasteiger partial charge in [0.2, 0.25) is 0 Å². The van der Waals surface area contributed by atoms with Crippen LogP contribution in [0, 0.1) is 6.92 Å². The van der Waals surface area contributed by atoms with Gasteiger partial charge in [-0.1, -0.05) is 19.9 Å². The van der Waals surface area contributed by atoms with Crippen LogP contribution in [-0.4, -0.2) is 34.6 Å². The van der Waals surface area contributed by atoms with Crippen molar-refractivity contribution in [1.29, 1.82) is 0 Å². The number of pyridine rings is 1. The van der Waals surface area contributed by atoms with Crippen LogP contribution in [0.15, 0.2) is 18.2 Å². The van der Waals surface area contributed by atoms with E-state index in [2.05, 4.69) is 61.1 Å². The van der Waals surface area contributed by atoms with E-state index < -0.39 is 0 Å². The Hall–Kier alpha value is -0.930. The number of aromatic nitrogens is 1. The highest BCUT2D eigenvalue weighted by molar-refractivity contribution is 5.11. The highest BCUT2D eigenvalue weighted by Crippen LogP contribution is 2.25. The third-order valence-electron chi connectivity index (χ3n) is 4.53. The Kier molecular flexibility index (Phi) is 4.58. The maximum Gasteiger partial charge on any atom is 0.0547 e. The van der Waals surface area contributed by atoms with Crippen LogP contribution < -0.4 is 5.32 Å².